The zero-order valence-corrected chi connectivity index (χ0v) is 18.5. The van der Waals surface area contributed by atoms with Crippen LogP contribution in [0.25, 0.3) is 33.2 Å². The standard InChI is InChI=1S/C30H22N2O/c1-20-10-14-23(15-11-20)28-27(18-31)30(33-29(28)24-16-12-21(2)13-17-24)32-19-25-8-5-7-22-6-3-4-9-26(22)25/h3-17,19H,1-2H3. The molecule has 0 atom stereocenters. The lowest BCUT2D eigenvalue weighted by molar-refractivity contribution is 0.593. The minimum atomic E-state index is 0.316. The first-order chi connectivity index (χ1) is 16.1. The Kier molecular flexibility index (Phi) is 5.34. The summed E-state index contributed by atoms with van der Waals surface area (Å²) in [5.74, 6) is 0.969. The van der Waals surface area contributed by atoms with Crippen molar-refractivity contribution < 1.29 is 4.42 Å². The molecule has 33 heavy (non-hydrogen) atoms. The van der Waals surface area contributed by atoms with E-state index in [9.17, 15) is 5.26 Å². The van der Waals surface area contributed by atoms with Gasteiger partial charge in [-0.25, -0.2) is 4.99 Å². The maximum Gasteiger partial charge on any atom is 0.238 e. The predicted molar refractivity (Wildman–Crippen MR) is 135 cm³/mol. The number of aliphatic imine (C=N–C) groups is 1. The summed E-state index contributed by atoms with van der Waals surface area (Å²) in [7, 11) is 0. The van der Waals surface area contributed by atoms with Crippen LogP contribution in [0.5, 0.6) is 0 Å². The molecule has 0 aliphatic rings. The summed E-state index contributed by atoms with van der Waals surface area (Å²) in [4.78, 5) is 4.65. The highest BCUT2D eigenvalue weighted by molar-refractivity contribution is 6.00. The Morgan fingerprint density at radius 3 is 2.09 bits per heavy atom. The van der Waals surface area contributed by atoms with E-state index in [2.05, 4.69) is 29.3 Å². The third kappa shape index (κ3) is 3.95. The average Bonchev–Trinajstić information content (AvgIpc) is 3.22. The second kappa shape index (κ2) is 8.61. The monoisotopic (exact) mass is 426 g/mol. The minimum Gasteiger partial charge on any atom is -0.436 e. The molecule has 0 radical (unpaired) electrons. The Morgan fingerprint density at radius 2 is 1.39 bits per heavy atom. The molecule has 0 N–H and O–H groups in total. The Bertz CT molecular complexity index is 1510. The van der Waals surface area contributed by atoms with E-state index >= 15 is 0 Å². The Labute approximate surface area is 193 Å². The summed E-state index contributed by atoms with van der Waals surface area (Å²) < 4.78 is 6.26. The van der Waals surface area contributed by atoms with Crippen LogP contribution in [0, 0.1) is 25.2 Å². The predicted octanol–water partition coefficient (Wildman–Crippen LogP) is 8.01. The fraction of sp³-hybridized carbons (Fsp3) is 0.0667. The quantitative estimate of drug-likeness (QED) is 0.273. The normalized spacial score (nSPS) is 11.2. The number of fused-ring (bicyclic) bond motifs is 1. The van der Waals surface area contributed by atoms with Crippen molar-refractivity contribution in [3.63, 3.8) is 0 Å². The van der Waals surface area contributed by atoms with Crippen LogP contribution in [0.2, 0.25) is 0 Å². The average molecular weight is 427 g/mol. The molecule has 0 bridgehead atoms. The summed E-state index contributed by atoms with van der Waals surface area (Å²) in [6, 6.07) is 32.9. The zero-order valence-electron chi connectivity index (χ0n) is 18.5. The van der Waals surface area contributed by atoms with E-state index in [-0.39, 0.29) is 0 Å². The topological polar surface area (TPSA) is 49.3 Å². The Morgan fingerprint density at radius 1 is 0.758 bits per heavy atom. The van der Waals surface area contributed by atoms with Crippen LogP contribution >= 0.6 is 0 Å². The van der Waals surface area contributed by atoms with Gasteiger partial charge in [-0.3, -0.25) is 0 Å². The Balaban J connectivity index is 1.68. The molecule has 0 aliphatic heterocycles. The van der Waals surface area contributed by atoms with Crippen molar-refractivity contribution in [2.45, 2.75) is 13.8 Å². The first kappa shape index (κ1) is 20.5. The molecule has 4 aromatic carbocycles. The van der Waals surface area contributed by atoms with E-state index < -0.39 is 0 Å². The van der Waals surface area contributed by atoms with Crippen LogP contribution in [0.15, 0.2) is 100 Å². The lowest BCUT2D eigenvalue weighted by atomic mass is 9.97. The van der Waals surface area contributed by atoms with E-state index in [1.54, 1.807) is 6.21 Å². The van der Waals surface area contributed by atoms with Crippen molar-refractivity contribution in [3.8, 4) is 28.5 Å². The maximum absolute atomic E-state index is 10.1. The number of hydrogen-bond donors (Lipinski definition) is 0. The summed E-state index contributed by atoms with van der Waals surface area (Å²) in [5, 5.41) is 12.3. The molecular formula is C30H22N2O. The van der Waals surface area contributed by atoms with E-state index in [1.807, 2.05) is 86.6 Å². The van der Waals surface area contributed by atoms with Gasteiger partial charge in [-0.1, -0.05) is 102 Å². The molecule has 0 aliphatic carbocycles. The number of rotatable bonds is 4. The first-order valence-electron chi connectivity index (χ1n) is 10.9. The van der Waals surface area contributed by atoms with Gasteiger partial charge in [0.1, 0.15) is 17.4 Å². The molecule has 0 unspecified atom stereocenters. The summed E-state index contributed by atoms with van der Waals surface area (Å²) in [5.41, 5.74) is 6.35. The molecular weight excluding hydrogens is 404 g/mol. The first-order valence-corrected chi connectivity index (χ1v) is 10.9. The molecule has 5 aromatic rings. The van der Waals surface area contributed by atoms with Crippen LogP contribution < -0.4 is 0 Å². The van der Waals surface area contributed by atoms with Gasteiger partial charge in [-0.15, -0.1) is 0 Å². The minimum absolute atomic E-state index is 0.316. The number of furan rings is 1. The molecule has 0 spiro atoms. The summed E-state index contributed by atoms with van der Waals surface area (Å²) in [6.45, 7) is 4.10. The third-order valence-corrected chi connectivity index (χ3v) is 5.80. The second-order valence-electron chi connectivity index (χ2n) is 8.16. The van der Waals surface area contributed by atoms with Gasteiger partial charge in [0.05, 0.1) is 0 Å². The highest BCUT2D eigenvalue weighted by Gasteiger charge is 2.22. The van der Waals surface area contributed by atoms with Crippen LogP contribution in [-0.4, -0.2) is 6.21 Å². The number of nitrogens with zero attached hydrogens (tertiary/aromatic N) is 2. The van der Waals surface area contributed by atoms with Crippen molar-refractivity contribution in [1.29, 1.82) is 5.26 Å². The molecule has 3 heteroatoms. The van der Waals surface area contributed by atoms with Crippen LogP contribution in [-0.2, 0) is 0 Å². The molecule has 0 saturated heterocycles. The van der Waals surface area contributed by atoms with Gasteiger partial charge < -0.3 is 4.42 Å². The fourth-order valence-electron chi connectivity index (χ4n) is 4.01. The van der Waals surface area contributed by atoms with Gasteiger partial charge in [-0.2, -0.15) is 5.26 Å². The fourth-order valence-corrected chi connectivity index (χ4v) is 4.01. The Hall–Kier alpha value is -4.42. The third-order valence-electron chi connectivity index (χ3n) is 5.80. The zero-order chi connectivity index (χ0) is 22.8. The van der Waals surface area contributed by atoms with Crippen molar-refractivity contribution in [2.75, 3.05) is 0 Å². The maximum atomic E-state index is 10.1. The molecule has 0 amide bonds. The second-order valence-corrected chi connectivity index (χ2v) is 8.16. The lowest BCUT2D eigenvalue weighted by Crippen LogP contribution is -1.85. The van der Waals surface area contributed by atoms with Crippen molar-refractivity contribution in [3.05, 3.63) is 113 Å². The van der Waals surface area contributed by atoms with Gasteiger partial charge in [0, 0.05) is 22.9 Å². The SMILES string of the molecule is Cc1ccc(-c2oc(N=Cc3cccc4ccccc34)c(C#N)c2-c2ccc(C)cc2)cc1. The van der Waals surface area contributed by atoms with Gasteiger partial charge in [0.2, 0.25) is 5.88 Å². The lowest BCUT2D eigenvalue weighted by Gasteiger charge is -2.05. The van der Waals surface area contributed by atoms with Gasteiger partial charge in [0.25, 0.3) is 0 Å². The van der Waals surface area contributed by atoms with Gasteiger partial charge in [-0.05, 0) is 30.2 Å². The van der Waals surface area contributed by atoms with Gasteiger partial charge >= 0.3 is 0 Å². The van der Waals surface area contributed by atoms with Crippen molar-refractivity contribution >= 4 is 22.9 Å². The number of benzene rings is 4. The largest absolute Gasteiger partial charge is 0.436 e. The van der Waals surface area contributed by atoms with Crippen LogP contribution in [0.3, 0.4) is 0 Å². The molecule has 158 valence electrons. The van der Waals surface area contributed by atoms with Crippen molar-refractivity contribution in [2.24, 2.45) is 4.99 Å². The van der Waals surface area contributed by atoms with Crippen LogP contribution in [0.4, 0.5) is 5.88 Å². The molecule has 3 nitrogen and oxygen atoms in total. The van der Waals surface area contributed by atoms with E-state index in [1.165, 1.54) is 0 Å². The van der Waals surface area contributed by atoms with Crippen molar-refractivity contribution in [1.82, 2.24) is 0 Å². The molecule has 0 fully saturated rings. The number of nitriles is 1. The highest BCUT2D eigenvalue weighted by Crippen LogP contribution is 2.42. The number of hydrogen-bond acceptors (Lipinski definition) is 3. The number of aryl methyl sites for hydroxylation is 2. The molecule has 5 rings (SSSR count). The van der Waals surface area contributed by atoms with E-state index in [0.29, 0.717) is 17.2 Å². The van der Waals surface area contributed by atoms with E-state index in [4.69, 9.17) is 4.42 Å². The van der Waals surface area contributed by atoms with E-state index in [0.717, 1.165) is 44.2 Å². The molecule has 1 heterocycles. The molecule has 0 saturated carbocycles. The summed E-state index contributed by atoms with van der Waals surface area (Å²) >= 11 is 0. The van der Waals surface area contributed by atoms with Gasteiger partial charge in [0.15, 0.2) is 0 Å². The summed E-state index contributed by atoms with van der Waals surface area (Å²) in [6.07, 6.45) is 1.78. The van der Waals surface area contributed by atoms with Crippen LogP contribution in [0.1, 0.15) is 22.3 Å². The smallest absolute Gasteiger partial charge is 0.238 e. The molecule has 1 aromatic heterocycles. The highest BCUT2D eigenvalue weighted by atomic mass is 16.4.